The van der Waals surface area contributed by atoms with E-state index in [1.165, 1.54) is 5.69 Å². The summed E-state index contributed by atoms with van der Waals surface area (Å²) in [5.74, 6) is 0.703. The van der Waals surface area contributed by atoms with Crippen LogP contribution in [-0.2, 0) is 4.79 Å². The van der Waals surface area contributed by atoms with Crippen molar-refractivity contribution in [2.24, 2.45) is 0 Å². The second-order valence-corrected chi connectivity index (χ2v) is 10.1. The number of hydrogen-bond donors (Lipinski definition) is 2. The van der Waals surface area contributed by atoms with Gasteiger partial charge >= 0.3 is 0 Å². The van der Waals surface area contributed by atoms with Crippen LogP contribution >= 0.6 is 0 Å². The molecule has 1 amide bonds. The Bertz CT molecular complexity index is 1610. The number of likely N-dealkylation sites (N-methyl/N-ethyl adjacent to an activating group) is 1. The van der Waals surface area contributed by atoms with E-state index in [2.05, 4.69) is 62.5 Å². The summed E-state index contributed by atoms with van der Waals surface area (Å²) >= 11 is 0. The zero-order chi connectivity index (χ0) is 28.9. The molecule has 4 aromatic rings. The Morgan fingerprint density at radius 2 is 1.80 bits per heavy atom. The third-order valence-corrected chi connectivity index (χ3v) is 7.57. The number of anilines is 1. The molecule has 0 radical (unpaired) electrons. The normalized spacial score (nSPS) is 14.9. The number of hydrogen-bond acceptors (Lipinski definition) is 7. The van der Waals surface area contributed by atoms with Gasteiger partial charge in [-0.2, -0.15) is 5.26 Å². The first-order valence-corrected chi connectivity index (χ1v) is 13.6. The van der Waals surface area contributed by atoms with E-state index in [0.29, 0.717) is 17.1 Å². The van der Waals surface area contributed by atoms with Crippen LogP contribution in [-0.4, -0.2) is 68.2 Å². The number of aromatic amines is 1. The lowest BCUT2D eigenvalue weighted by Gasteiger charge is -2.34. The molecule has 2 aromatic carbocycles. The van der Waals surface area contributed by atoms with Gasteiger partial charge in [0.25, 0.3) is 5.91 Å². The molecule has 3 heterocycles. The van der Waals surface area contributed by atoms with Gasteiger partial charge in [-0.3, -0.25) is 4.79 Å². The number of ether oxygens (including phenoxy) is 2. The molecule has 41 heavy (non-hydrogen) atoms. The maximum Gasteiger partial charge on any atom is 0.262 e. The highest BCUT2D eigenvalue weighted by Gasteiger charge is 2.18. The molecule has 9 nitrogen and oxygen atoms in total. The standard InChI is InChI=1S/C32H34N6O3/c1-21(23-7-10-28(40-3)29(18-23)41-4)36-32(39)24(19-33)17-25-20-35-31-30(25)27(11-12-34-31)22-5-8-26(9-6-22)38-15-13-37(2)14-16-38/h5-12,17-18,20-21H,13-16H2,1-4H3,(H,34,35)(H,36,39)/b24-17+/t21-/m1/s1. The molecule has 0 spiro atoms. The van der Waals surface area contributed by atoms with E-state index >= 15 is 0 Å². The number of benzene rings is 2. The quantitative estimate of drug-likeness (QED) is 0.240. The molecule has 1 atom stereocenters. The van der Waals surface area contributed by atoms with Crippen LogP contribution in [0.2, 0.25) is 0 Å². The molecule has 0 saturated carbocycles. The first-order chi connectivity index (χ1) is 19.9. The van der Waals surface area contributed by atoms with Crippen molar-refractivity contribution in [3.8, 4) is 28.7 Å². The third kappa shape index (κ3) is 5.88. The number of piperazine rings is 1. The smallest absolute Gasteiger partial charge is 0.262 e. The van der Waals surface area contributed by atoms with Gasteiger partial charge in [-0.15, -0.1) is 0 Å². The van der Waals surface area contributed by atoms with Crippen LogP contribution in [0.25, 0.3) is 28.2 Å². The number of rotatable bonds is 8. The fourth-order valence-corrected chi connectivity index (χ4v) is 5.14. The van der Waals surface area contributed by atoms with Crippen molar-refractivity contribution in [3.05, 3.63) is 77.6 Å². The van der Waals surface area contributed by atoms with Gasteiger partial charge in [0, 0.05) is 55.2 Å². The van der Waals surface area contributed by atoms with Crippen molar-refractivity contribution in [2.45, 2.75) is 13.0 Å². The van der Waals surface area contributed by atoms with Crippen LogP contribution in [0.3, 0.4) is 0 Å². The third-order valence-electron chi connectivity index (χ3n) is 7.57. The molecular weight excluding hydrogens is 516 g/mol. The van der Waals surface area contributed by atoms with Crippen molar-refractivity contribution in [2.75, 3.05) is 52.3 Å². The van der Waals surface area contributed by atoms with E-state index in [-0.39, 0.29) is 11.6 Å². The zero-order valence-corrected chi connectivity index (χ0v) is 23.8. The first-order valence-electron chi connectivity index (χ1n) is 13.6. The Kier molecular flexibility index (Phi) is 8.22. The van der Waals surface area contributed by atoms with Crippen LogP contribution in [0, 0.1) is 11.3 Å². The average Bonchev–Trinajstić information content (AvgIpc) is 3.42. The number of nitrogens with one attached hydrogen (secondary N) is 2. The topological polar surface area (TPSA) is 107 Å². The lowest BCUT2D eigenvalue weighted by Crippen LogP contribution is -2.44. The van der Waals surface area contributed by atoms with Gasteiger partial charge in [0.15, 0.2) is 11.5 Å². The molecule has 1 saturated heterocycles. The molecule has 1 fully saturated rings. The van der Waals surface area contributed by atoms with Crippen LogP contribution in [0.1, 0.15) is 24.1 Å². The van der Waals surface area contributed by atoms with E-state index in [9.17, 15) is 10.1 Å². The van der Waals surface area contributed by atoms with Crippen LogP contribution in [0.15, 0.2) is 66.5 Å². The number of H-pyrrole nitrogens is 1. The average molecular weight is 551 g/mol. The molecule has 9 heteroatoms. The molecule has 0 bridgehead atoms. The summed E-state index contributed by atoms with van der Waals surface area (Å²) in [4.78, 5) is 25.6. The first kappa shape index (κ1) is 27.7. The minimum absolute atomic E-state index is 0.00144. The Morgan fingerprint density at radius 1 is 1.07 bits per heavy atom. The number of aromatic nitrogens is 2. The maximum atomic E-state index is 13.2. The van der Waals surface area contributed by atoms with Gasteiger partial charge in [0.1, 0.15) is 17.3 Å². The minimum atomic E-state index is -0.467. The van der Waals surface area contributed by atoms with Gasteiger partial charge in [-0.25, -0.2) is 4.98 Å². The highest BCUT2D eigenvalue weighted by molar-refractivity contribution is 6.06. The summed E-state index contributed by atoms with van der Waals surface area (Å²) in [7, 11) is 5.29. The Labute approximate surface area is 240 Å². The summed E-state index contributed by atoms with van der Waals surface area (Å²) < 4.78 is 10.7. The largest absolute Gasteiger partial charge is 0.493 e. The van der Waals surface area contributed by atoms with Gasteiger partial charge in [-0.05, 0) is 67.1 Å². The molecule has 5 rings (SSSR count). The van der Waals surface area contributed by atoms with Crippen LogP contribution in [0.4, 0.5) is 5.69 Å². The lowest BCUT2D eigenvalue weighted by atomic mass is 9.99. The second-order valence-electron chi connectivity index (χ2n) is 10.1. The Balaban J connectivity index is 1.40. The SMILES string of the molecule is COc1ccc([C@@H](C)NC(=O)/C(C#N)=C/c2c[nH]c3nccc(-c4ccc(N5CCN(C)CC5)cc4)c23)cc1OC. The minimum Gasteiger partial charge on any atom is -0.493 e. The number of amides is 1. The zero-order valence-electron chi connectivity index (χ0n) is 23.8. The Morgan fingerprint density at radius 3 is 2.49 bits per heavy atom. The summed E-state index contributed by atoms with van der Waals surface area (Å²) in [6, 6.07) is 17.7. The van der Waals surface area contributed by atoms with E-state index < -0.39 is 5.91 Å². The second kappa shape index (κ2) is 12.1. The summed E-state index contributed by atoms with van der Waals surface area (Å²) in [5, 5.41) is 13.7. The fourth-order valence-electron chi connectivity index (χ4n) is 5.14. The number of fused-ring (bicyclic) bond motifs is 1. The summed E-state index contributed by atoms with van der Waals surface area (Å²) in [5.41, 5.74) is 5.45. The number of methoxy groups -OCH3 is 2. The van der Waals surface area contributed by atoms with Gasteiger partial charge in [0.05, 0.1) is 20.3 Å². The van der Waals surface area contributed by atoms with Gasteiger partial charge in [-0.1, -0.05) is 18.2 Å². The fraction of sp³-hybridized carbons (Fsp3) is 0.281. The molecule has 2 aromatic heterocycles. The lowest BCUT2D eigenvalue weighted by molar-refractivity contribution is -0.117. The van der Waals surface area contributed by atoms with Crippen molar-refractivity contribution >= 4 is 28.7 Å². The number of nitrogens with zero attached hydrogens (tertiary/aromatic N) is 4. The van der Waals surface area contributed by atoms with E-state index in [1.54, 1.807) is 38.8 Å². The number of carbonyl (C=O) groups excluding carboxylic acids is 1. The van der Waals surface area contributed by atoms with Gasteiger partial charge in [0.2, 0.25) is 0 Å². The van der Waals surface area contributed by atoms with E-state index in [0.717, 1.165) is 53.8 Å². The van der Waals surface area contributed by atoms with Gasteiger partial charge < -0.3 is 29.6 Å². The predicted octanol–water partition coefficient (Wildman–Crippen LogP) is 4.78. The van der Waals surface area contributed by atoms with Crippen molar-refractivity contribution < 1.29 is 14.3 Å². The van der Waals surface area contributed by atoms with Crippen molar-refractivity contribution in [1.29, 1.82) is 5.26 Å². The highest BCUT2D eigenvalue weighted by Crippen LogP contribution is 2.33. The monoisotopic (exact) mass is 550 g/mol. The number of carbonyl (C=O) groups is 1. The molecular formula is C32H34N6O3. The van der Waals surface area contributed by atoms with Crippen molar-refractivity contribution in [3.63, 3.8) is 0 Å². The summed E-state index contributed by atoms with van der Waals surface area (Å²) in [6.07, 6.45) is 5.15. The Hall–Kier alpha value is -4.81. The molecule has 1 aliphatic rings. The van der Waals surface area contributed by atoms with Crippen LogP contribution < -0.4 is 19.7 Å². The molecule has 210 valence electrons. The summed E-state index contributed by atoms with van der Waals surface area (Å²) in [6.45, 7) is 5.96. The van der Waals surface area contributed by atoms with Crippen LogP contribution in [0.5, 0.6) is 11.5 Å². The highest BCUT2D eigenvalue weighted by atomic mass is 16.5. The number of nitriles is 1. The maximum absolute atomic E-state index is 13.2. The molecule has 2 N–H and O–H groups in total. The predicted molar refractivity (Wildman–Crippen MR) is 161 cm³/mol. The van der Waals surface area contributed by atoms with E-state index in [1.807, 2.05) is 25.1 Å². The van der Waals surface area contributed by atoms with E-state index in [4.69, 9.17) is 9.47 Å². The molecule has 0 unspecified atom stereocenters. The molecule has 0 aliphatic carbocycles. The van der Waals surface area contributed by atoms with Crippen molar-refractivity contribution in [1.82, 2.24) is 20.2 Å². The molecule has 1 aliphatic heterocycles. The number of pyridine rings is 1.